The van der Waals surface area contributed by atoms with Crippen LogP contribution in [-0.4, -0.2) is 63.8 Å². The number of unbranched alkanes of at least 4 members (excludes halogenated alkanes) is 7. The van der Waals surface area contributed by atoms with Gasteiger partial charge in [0.2, 0.25) is 0 Å². The second-order valence-electron chi connectivity index (χ2n) is 6.91. The zero-order valence-corrected chi connectivity index (χ0v) is 15.1. The summed E-state index contributed by atoms with van der Waals surface area (Å²) < 4.78 is 11.0. The summed E-state index contributed by atoms with van der Waals surface area (Å²) in [6.07, 6.45) is 4.71. The van der Waals surface area contributed by atoms with Crippen molar-refractivity contribution >= 4 is 0 Å². The molecule has 0 saturated carbocycles. The summed E-state index contributed by atoms with van der Waals surface area (Å²) >= 11 is 0. The lowest BCUT2D eigenvalue weighted by Crippen LogP contribution is -2.59. The number of rotatable bonds is 12. The monoisotopic (exact) mass is 348 g/mol. The van der Waals surface area contributed by atoms with Crippen molar-refractivity contribution in [2.45, 2.75) is 108 Å². The Morgan fingerprint density at radius 3 is 2.04 bits per heavy atom. The Bertz CT molecular complexity index is 312. The molecule has 0 amide bonds. The van der Waals surface area contributed by atoms with Gasteiger partial charge in [0.1, 0.15) is 24.4 Å². The Kier molecular flexibility index (Phi) is 11.1. The van der Waals surface area contributed by atoms with E-state index in [4.69, 9.17) is 14.6 Å². The Labute approximate surface area is 145 Å². The minimum absolute atomic E-state index is 0.119. The van der Waals surface area contributed by atoms with E-state index in [0.29, 0.717) is 0 Å². The Balaban J connectivity index is 2.18. The molecule has 1 aliphatic rings. The van der Waals surface area contributed by atoms with Crippen LogP contribution in [0.3, 0.4) is 0 Å². The molecule has 0 aromatic heterocycles. The molecule has 0 aromatic rings. The van der Waals surface area contributed by atoms with Crippen molar-refractivity contribution in [2.75, 3.05) is 6.61 Å². The first kappa shape index (κ1) is 21.8. The van der Waals surface area contributed by atoms with Crippen LogP contribution in [0.5, 0.6) is 0 Å². The normalized spacial score (nSPS) is 32.0. The third-order valence-electron chi connectivity index (χ3n) is 4.68. The van der Waals surface area contributed by atoms with Gasteiger partial charge in [0, 0.05) is 0 Å². The summed E-state index contributed by atoms with van der Waals surface area (Å²) in [6, 6.07) is 0. The molecule has 1 rings (SSSR count). The predicted molar refractivity (Wildman–Crippen MR) is 91.5 cm³/mol. The van der Waals surface area contributed by atoms with Gasteiger partial charge in [0.25, 0.3) is 0 Å². The maximum absolute atomic E-state index is 9.94. The van der Waals surface area contributed by atoms with E-state index >= 15 is 0 Å². The third kappa shape index (κ3) is 7.33. The fourth-order valence-corrected chi connectivity index (χ4v) is 3.04. The van der Waals surface area contributed by atoms with Gasteiger partial charge in [-0.15, -0.1) is 0 Å². The van der Waals surface area contributed by atoms with Crippen LogP contribution in [0, 0.1) is 0 Å². The predicted octanol–water partition coefficient (Wildman–Crippen LogP) is 1.72. The molecule has 6 heteroatoms. The highest BCUT2D eigenvalue weighted by molar-refractivity contribution is 4.89. The van der Waals surface area contributed by atoms with E-state index < -0.39 is 37.3 Å². The molecular weight excluding hydrogens is 312 g/mol. The average Bonchev–Trinajstić information content (AvgIpc) is 2.57. The van der Waals surface area contributed by atoms with Gasteiger partial charge in [-0.05, 0) is 13.3 Å². The van der Waals surface area contributed by atoms with Crippen molar-refractivity contribution in [3.8, 4) is 0 Å². The van der Waals surface area contributed by atoms with Crippen molar-refractivity contribution in [1.29, 1.82) is 0 Å². The number of hydrogen-bond donors (Lipinski definition) is 4. The molecule has 0 unspecified atom stereocenters. The smallest absolute Gasteiger partial charge is 0.186 e. The minimum atomic E-state index is -1.38. The van der Waals surface area contributed by atoms with E-state index in [1.54, 1.807) is 0 Å². The summed E-state index contributed by atoms with van der Waals surface area (Å²) in [5, 5.41) is 38.6. The number of aliphatic hydroxyl groups is 4. The first-order valence-corrected chi connectivity index (χ1v) is 9.47. The van der Waals surface area contributed by atoms with E-state index in [1.165, 1.54) is 38.5 Å². The minimum Gasteiger partial charge on any atom is -0.394 e. The van der Waals surface area contributed by atoms with Crippen LogP contribution in [0.4, 0.5) is 0 Å². The largest absolute Gasteiger partial charge is 0.394 e. The summed E-state index contributed by atoms with van der Waals surface area (Å²) in [5.74, 6) is 0. The maximum Gasteiger partial charge on any atom is 0.186 e. The van der Waals surface area contributed by atoms with Crippen molar-refractivity contribution in [3.05, 3.63) is 0 Å². The Hall–Kier alpha value is -0.240. The van der Waals surface area contributed by atoms with Crippen LogP contribution < -0.4 is 0 Å². The molecule has 0 radical (unpaired) electrons. The average molecular weight is 348 g/mol. The molecule has 6 nitrogen and oxygen atoms in total. The van der Waals surface area contributed by atoms with Crippen LogP contribution in [0.2, 0.25) is 0 Å². The fourth-order valence-electron chi connectivity index (χ4n) is 3.04. The number of hydrogen-bond acceptors (Lipinski definition) is 6. The molecule has 1 saturated heterocycles. The SMILES string of the molecule is CCCCCCCCCC[C@H](C)O[C@@H]1O[C@H](CO)[C@@H](O)[C@H](O)[C@H]1O. The Morgan fingerprint density at radius 2 is 1.46 bits per heavy atom. The first-order chi connectivity index (χ1) is 11.5. The summed E-state index contributed by atoms with van der Waals surface area (Å²) in [7, 11) is 0. The Morgan fingerprint density at radius 1 is 0.875 bits per heavy atom. The number of ether oxygens (including phenoxy) is 2. The van der Waals surface area contributed by atoms with Gasteiger partial charge in [0.15, 0.2) is 6.29 Å². The molecule has 1 heterocycles. The standard InChI is InChI=1S/C18H36O6/c1-3-4-5-6-7-8-9-10-11-13(2)23-18-17(22)16(21)15(20)14(12-19)24-18/h13-22H,3-12H2,1-2H3/t13-,14+,15+,16-,17+,18+/m0/s1. The van der Waals surface area contributed by atoms with Gasteiger partial charge < -0.3 is 29.9 Å². The van der Waals surface area contributed by atoms with E-state index in [-0.39, 0.29) is 6.10 Å². The molecule has 24 heavy (non-hydrogen) atoms. The quantitative estimate of drug-likeness (QED) is 0.401. The molecule has 0 aromatic carbocycles. The van der Waals surface area contributed by atoms with Crippen molar-refractivity contribution in [1.82, 2.24) is 0 Å². The molecule has 1 fully saturated rings. The second-order valence-corrected chi connectivity index (χ2v) is 6.91. The zero-order chi connectivity index (χ0) is 17.9. The lowest BCUT2D eigenvalue weighted by Gasteiger charge is -2.40. The number of aliphatic hydroxyl groups excluding tert-OH is 4. The molecule has 0 bridgehead atoms. The van der Waals surface area contributed by atoms with Gasteiger partial charge in [0.05, 0.1) is 12.7 Å². The van der Waals surface area contributed by atoms with Crippen LogP contribution in [-0.2, 0) is 9.47 Å². The molecule has 0 spiro atoms. The van der Waals surface area contributed by atoms with E-state index in [2.05, 4.69) is 6.92 Å². The van der Waals surface area contributed by atoms with Crippen molar-refractivity contribution in [2.24, 2.45) is 0 Å². The summed E-state index contributed by atoms with van der Waals surface area (Å²) in [5.41, 5.74) is 0. The van der Waals surface area contributed by atoms with Gasteiger partial charge in [-0.1, -0.05) is 58.3 Å². The highest BCUT2D eigenvalue weighted by Crippen LogP contribution is 2.24. The van der Waals surface area contributed by atoms with Crippen LogP contribution >= 0.6 is 0 Å². The van der Waals surface area contributed by atoms with Crippen LogP contribution in [0.15, 0.2) is 0 Å². The van der Waals surface area contributed by atoms with Crippen LogP contribution in [0.25, 0.3) is 0 Å². The van der Waals surface area contributed by atoms with E-state index in [1.807, 2.05) is 6.92 Å². The highest BCUT2D eigenvalue weighted by atomic mass is 16.7. The van der Waals surface area contributed by atoms with Gasteiger partial charge in [-0.25, -0.2) is 0 Å². The lowest BCUT2D eigenvalue weighted by molar-refractivity contribution is -0.310. The van der Waals surface area contributed by atoms with Gasteiger partial charge >= 0.3 is 0 Å². The maximum atomic E-state index is 9.94. The molecule has 4 N–H and O–H groups in total. The van der Waals surface area contributed by atoms with Crippen molar-refractivity contribution in [3.63, 3.8) is 0 Å². The second kappa shape index (κ2) is 12.2. The van der Waals surface area contributed by atoms with E-state index in [0.717, 1.165) is 19.3 Å². The zero-order valence-electron chi connectivity index (χ0n) is 15.1. The molecule has 0 aliphatic carbocycles. The first-order valence-electron chi connectivity index (χ1n) is 9.47. The molecule has 1 aliphatic heterocycles. The van der Waals surface area contributed by atoms with Gasteiger partial charge in [-0.3, -0.25) is 0 Å². The third-order valence-corrected chi connectivity index (χ3v) is 4.68. The summed E-state index contributed by atoms with van der Waals surface area (Å²) in [4.78, 5) is 0. The van der Waals surface area contributed by atoms with Crippen LogP contribution in [0.1, 0.15) is 71.6 Å². The molecule has 6 atom stereocenters. The highest BCUT2D eigenvalue weighted by Gasteiger charge is 2.44. The topological polar surface area (TPSA) is 99.4 Å². The lowest BCUT2D eigenvalue weighted by atomic mass is 9.99. The summed E-state index contributed by atoms with van der Waals surface area (Å²) in [6.45, 7) is 3.69. The van der Waals surface area contributed by atoms with E-state index in [9.17, 15) is 15.3 Å². The van der Waals surface area contributed by atoms with Gasteiger partial charge in [-0.2, -0.15) is 0 Å². The fraction of sp³-hybridized carbons (Fsp3) is 1.00. The van der Waals surface area contributed by atoms with Crippen molar-refractivity contribution < 1.29 is 29.9 Å². The molecule has 144 valence electrons. The molecular formula is C18H36O6.